The first-order valence-corrected chi connectivity index (χ1v) is 10.9. The highest BCUT2D eigenvalue weighted by molar-refractivity contribution is 14.0. The predicted molar refractivity (Wildman–Crippen MR) is 139 cm³/mol. The summed E-state index contributed by atoms with van der Waals surface area (Å²) in [5, 5.41) is 6.88. The minimum atomic E-state index is 0. The zero-order chi connectivity index (χ0) is 21.2. The van der Waals surface area contributed by atoms with Crippen molar-refractivity contribution in [2.45, 2.75) is 26.8 Å². The quantitative estimate of drug-likeness (QED) is 0.284. The van der Waals surface area contributed by atoms with Gasteiger partial charge in [0, 0.05) is 31.7 Å². The average Bonchev–Trinajstić information content (AvgIpc) is 3.25. The highest BCUT2D eigenvalue weighted by atomic mass is 127. The summed E-state index contributed by atoms with van der Waals surface area (Å²) in [6.45, 7) is 9.11. The first kappa shape index (κ1) is 25.1. The molecule has 1 aliphatic rings. The van der Waals surface area contributed by atoms with Crippen molar-refractivity contribution >= 4 is 35.6 Å². The molecule has 7 heteroatoms. The van der Waals surface area contributed by atoms with Crippen LogP contribution in [0.3, 0.4) is 0 Å². The summed E-state index contributed by atoms with van der Waals surface area (Å²) < 4.78 is 11.2. The van der Waals surface area contributed by atoms with Crippen LogP contribution in [0.5, 0.6) is 11.5 Å². The monoisotopic (exact) mass is 538 g/mol. The molecule has 170 valence electrons. The molecule has 1 aliphatic heterocycles. The highest BCUT2D eigenvalue weighted by Crippen LogP contribution is 2.31. The van der Waals surface area contributed by atoms with E-state index in [1.807, 2.05) is 37.3 Å². The van der Waals surface area contributed by atoms with Crippen molar-refractivity contribution in [3.05, 3.63) is 54.1 Å². The second-order valence-electron chi connectivity index (χ2n) is 7.39. The summed E-state index contributed by atoms with van der Waals surface area (Å²) >= 11 is 0. The number of para-hydroxylation sites is 3. The van der Waals surface area contributed by atoms with Gasteiger partial charge in [0.1, 0.15) is 11.5 Å². The van der Waals surface area contributed by atoms with Crippen LogP contribution in [0.4, 0.5) is 5.69 Å². The highest BCUT2D eigenvalue weighted by Gasteiger charge is 2.24. The molecule has 0 saturated carbocycles. The number of benzene rings is 2. The SMILES string of the molecule is CCNC(=NCc1ccccc1OCC)NCC1CCN(c2ccccc2OC)C1.I. The van der Waals surface area contributed by atoms with Crippen LogP contribution in [0.2, 0.25) is 0 Å². The third-order valence-corrected chi connectivity index (χ3v) is 5.29. The van der Waals surface area contributed by atoms with E-state index in [9.17, 15) is 0 Å². The lowest BCUT2D eigenvalue weighted by Gasteiger charge is -2.21. The number of aliphatic imine (C=N–C) groups is 1. The first-order chi connectivity index (χ1) is 14.7. The summed E-state index contributed by atoms with van der Waals surface area (Å²) in [5.41, 5.74) is 2.27. The molecule has 2 aromatic carbocycles. The molecule has 1 atom stereocenters. The fourth-order valence-electron chi connectivity index (χ4n) is 3.79. The molecule has 1 heterocycles. The van der Waals surface area contributed by atoms with Gasteiger partial charge in [-0.05, 0) is 44.4 Å². The zero-order valence-electron chi connectivity index (χ0n) is 18.8. The number of nitrogens with zero attached hydrogens (tertiary/aromatic N) is 2. The molecule has 2 aromatic rings. The Hall–Kier alpha value is -2.16. The van der Waals surface area contributed by atoms with E-state index in [0.717, 1.165) is 55.6 Å². The maximum atomic E-state index is 5.72. The van der Waals surface area contributed by atoms with Crippen molar-refractivity contribution in [1.82, 2.24) is 10.6 Å². The van der Waals surface area contributed by atoms with E-state index in [-0.39, 0.29) is 24.0 Å². The molecular formula is C24H35IN4O2. The van der Waals surface area contributed by atoms with Gasteiger partial charge in [-0.25, -0.2) is 4.99 Å². The Morgan fingerprint density at radius 2 is 1.81 bits per heavy atom. The maximum absolute atomic E-state index is 5.72. The molecule has 0 aromatic heterocycles. The summed E-state index contributed by atoms with van der Waals surface area (Å²) in [6.07, 6.45) is 1.15. The van der Waals surface area contributed by atoms with Gasteiger partial charge in [-0.15, -0.1) is 24.0 Å². The smallest absolute Gasteiger partial charge is 0.191 e. The number of ether oxygens (including phenoxy) is 2. The molecule has 0 radical (unpaired) electrons. The summed E-state index contributed by atoms with van der Waals surface area (Å²) in [4.78, 5) is 7.18. The van der Waals surface area contributed by atoms with Gasteiger partial charge in [0.2, 0.25) is 0 Å². The van der Waals surface area contributed by atoms with Gasteiger partial charge < -0.3 is 25.0 Å². The lowest BCUT2D eigenvalue weighted by molar-refractivity contribution is 0.336. The molecule has 0 aliphatic carbocycles. The van der Waals surface area contributed by atoms with Crippen LogP contribution >= 0.6 is 24.0 Å². The van der Waals surface area contributed by atoms with E-state index >= 15 is 0 Å². The predicted octanol–water partition coefficient (Wildman–Crippen LogP) is 4.29. The van der Waals surface area contributed by atoms with Crippen molar-refractivity contribution in [2.75, 3.05) is 44.8 Å². The molecule has 1 unspecified atom stereocenters. The second kappa shape index (κ2) is 13.3. The number of methoxy groups -OCH3 is 1. The molecule has 0 bridgehead atoms. The van der Waals surface area contributed by atoms with Gasteiger partial charge >= 0.3 is 0 Å². The topological polar surface area (TPSA) is 58.1 Å². The van der Waals surface area contributed by atoms with Crippen molar-refractivity contribution in [1.29, 1.82) is 0 Å². The summed E-state index contributed by atoms with van der Waals surface area (Å²) in [7, 11) is 1.73. The number of hydrogen-bond acceptors (Lipinski definition) is 4. The average molecular weight is 538 g/mol. The van der Waals surface area contributed by atoms with E-state index in [1.54, 1.807) is 7.11 Å². The lowest BCUT2D eigenvalue weighted by atomic mass is 10.1. The van der Waals surface area contributed by atoms with Crippen LogP contribution in [0.15, 0.2) is 53.5 Å². The van der Waals surface area contributed by atoms with Gasteiger partial charge in [-0.3, -0.25) is 0 Å². The van der Waals surface area contributed by atoms with Gasteiger partial charge in [0.15, 0.2) is 5.96 Å². The van der Waals surface area contributed by atoms with Crippen LogP contribution < -0.4 is 25.0 Å². The lowest BCUT2D eigenvalue weighted by Crippen LogP contribution is -2.40. The number of anilines is 1. The van der Waals surface area contributed by atoms with Crippen molar-refractivity contribution in [3.8, 4) is 11.5 Å². The molecule has 3 rings (SSSR count). The van der Waals surface area contributed by atoms with E-state index in [2.05, 4.69) is 40.7 Å². The number of nitrogens with one attached hydrogen (secondary N) is 2. The van der Waals surface area contributed by atoms with Crippen LogP contribution in [0.1, 0.15) is 25.8 Å². The third kappa shape index (κ3) is 7.19. The molecule has 0 amide bonds. The van der Waals surface area contributed by atoms with Crippen LogP contribution in [0.25, 0.3) is 0 Å². The number of halogens is 1. The van der Waals surface area contributed by atoms with Crippen LogP contribution in [-0.2, 0) is 6.54 Å². The second-order valence-corrected chi connectivity index (χ2v) is 7.39. The minimum Gasteiger partial charge on any atom is -0.495 e. The maximum Gasteiger partial charge on any atom is 0.191 e. The summed E-state index contributed by atoms with van der Waals surface area (Å²) in [6, 6.07) is 16.3. The van der Waals surface area contributed by atoms with Crippen molar-refractivity contribution in [3.63, 3.8) is 0 Å². The fourth-order valence-corrected chi connectivity index (χ4v) is 3.79. The van der Waals surface area contributed by atoms with Crippen LogP contribution in [0, 0.1) is 5.92 Å². The largest absolute Gasteiger partial charge is 0.495 e. The number of hydrogen-bond donors (Lipinski definition) is 2. The Labute approximate surface area is 203 Å². The van der Waals surface area contributed by atoms with Gasteiger partial charge in [-0.1, -0.05) is 30.3 Å². The zero-order valence-corrected chi connectivity index (χ0v) is 21.1. The molecule has 31 heavy (non-hydrogen) atoms. The fraction of sp³-hybridized carbons (Fsp3) is 0.458. The first-order valence-electron chi connectivity index (χ1n) is 10.9. The normalized spacial score (nSPS) is 15.9. The van der Waals surface area contributed by atoms with E-state index in [0.29, 0.717) is 19.1 Å². The summed E-state index contributed by atoms with van der Waals surface area (Å²) in [5.74, 6) is 3.26. The molecule has 1 fully saturated rings. The molecule has 2 N–H and O–H groups in total. The molecule has 6 nitrogen and oxygen atoms in total. The molecule has 0 spiro atoms. The van der Waals surface area contributed by atoms with E-state index in [1.165, 1.54) is 5.69 Å². The van der Waals surface area contributed by atoms with E-state index < -0.39 is 0 Å². The van der Waals surface area contributed by atoms with Gasteiger partial charge in [0.05, 0.1) is 25.9 Å². The number of rotatable bonds is 9. The van der Waals surface area contributed by atoms with Crippen molar-refractivity contribution < 1.29 is 9.47 Å². The Morgan fingerprint density at radius 3 is 2.55 bits per heavy atom. The van der Waals surface area contributed by atoms with Crippen molar-refractivity contribution in [2.24, 2.45) is 10.9 Å². The number of guanidine groups is 1. The van der Waals surface area contributed by atoms with Gasteiger partial charge in [0.25, 0.3) is 0 Å². The third-order valence-electron chi connectivity index (χ3n) is 5.29. The van der Waals surface area contributed by atoms with Crippen LogP contribution in [-0.4, -0.2) is 45.9 Å². The standard InChI is InChI=1S/C24H34N4O2.HI/c1-4-25-24(27-17-20-10-6-8-12-22(20)30-5-2)26-16-19-14-15-28(18-19)21-11-7-9-13-23(21)29-3;/h6-13,19H,4-5,14-18H2,1-3H3,(H2,25,26,27);1H. The van der Waals surface area contributed by atoms with Gasteiger partial charge in [-0.2, -0.15) is 0 Å². The van der Waals surface area contributed by atoms with E-state index in [4.69, 9.17) is 14.5 Å². The molecular weight excluding hydrogens is 503 g/mol. The minimum absolute atomic E-state index is 0. The Balaban J connectivity index is 0.00000341. The molecule has 1 saturated heterocycles. The Bertz CT molecular complexity index is 831. The Kier molecular flexibility index (Phi) is 10.8. The Morgan fingerprint density at radius 1 is 1.06 bits per heavy atom.